The molecule has 128 valence electrons. The summed E-state index contributed by atoms with van der Waals surface area (Å²) in [4.78, 5) is 15.7. The second-order valence-electron chi connectivity index (χ2n) is 5.48. The van der Waals surface area contributed by atoms with Crippen LogP contribution in [0.2, 0.25) is 0 Å². The van der Waals surface area contributed by atoms with Crippen LogP contribution in [0, 0.1) is 0 Å². The summed E-state index contributed by atoms with van der Waals surface area (Å²) < 4.78 is 10.8. The standard InChI is InChI=1S/C17H21N3O3S/c1-22-14-4-2-5-15(8-14)23-12-17(21)20(13-9-18-19-10-13)11-16-6-3-7-24-16/h2-8,13,18-19H,9-12H2,1H3. The zero-order valence-corrected chi connectivity index (χ0v) is 14.3. The van der Waals surface area contributed by atoms with Gasteiger partial charge in [0.25, 0.3) is 5.91 Å². The Balaban J connectivity index is 1.64. The SMILES string of the molecule is COc1cccc(OCC(=O)N(Cc2cccs2)C2CNNC2)c1. The molecule has 1 amide bonds. The van der Waals surface area contributed by atoms with Crippen LogP contribution in [0.4, 0.5) is 0 Å². The molecule has 3 rings (SSSR count). The molecule has 0 atom stereocenters. The maximum absolute atomic E-state index is 12.7. The third-order valence-electron chi connectivity index (χ3n) is 3.87. The first-order valence-corrected chi connectivity index (χ1v) is 8.68. The van der Waals surface area contributed by atoms with Crippen molar-refractivity contribution < 1.29 is 14.3 Å². The topological polar surface area (TPSA) is 62.8 Å². The Bertz CT molecular complexity index is 657. The van der Waals surface area contributed by atoms with Crippen molar-refractivity contribution in [3.63, 3.8) is 0 Å². The van der Waals surface area contributed by atoms with Gasteiger partial charge in [-0.15, -0.1) is 11.3 Å². The van der Waals surface area contributed by atoms with Crippen molar-refractivity contribution >= 4 is 17.2 Å². The Morgan fingerprint density at radius 2 is 2.04 bits per heavy atom. The van der Waals surface area contributed by atoms with Gasteiger partial charge in [-0.3, -0.25) is 15.6 Å². The van der Waals surface area contributed by atoms with Crippen molar-refractivity contribution in [2.75, 3.05) is 26.8 Å². The summed E-state index contributed by atoms with van der Waals surface area (Å²) in [7, 11) is 1.60. The van der Waals surface area contributed by atoms with E-state index in [0.29, 0.717) is 18.0 Å². The number of thiophene rings is 1. The van der Waals surface area contributed by atoms with Gasteiger partial charge in [-0.2, -0.15) is 0 Å². The second kappa shape index (κ2) is 8.14. The summed E-state index contributed by atoms with van der Waals surface area (Å²) in [6.45, 7) is 2.08. The van der Waals surface area contributed by atoms with Crippen LogP contribution in [-0.4, -0.2) is 43.7 Å². The van der Waals surface area contributed by atoms with Gasteiger partial charge in [-0.05, 0) is 23.6 Å². The molecule has 24 heavy (non-hydrogen) atoms. The van der Waals surface area contributed by atoms with Crippen molar-refractivity contribution in [2.24, 2.45) is 0 Å². The third-order valence-corrected chi connectivity index (χ3v) is 4.73. The highest BCUT2D eigenvalue weighted by Crippen LogP contribution is 2.20. The molecule has 0 aliphatic carbocycles. The van der Waals surface area contributed by atoms with Crippen LogP contribution in [0.3, 0.4) is 0 Å². The van der Waals surface area contributed by atoms with Gasteiger partial charge in [-0.1, -0.05) is 12.1 Å². The van der Waals surface area contributed by atoms with Crippen molar-refractivity contribution in [3.05, 3.63) is 46.7 Å². The average molecular weight is 347 g/mol. The van der Waals surface area contributed by atoms with E-state index in [2.05, 4.69) is 10.9 Å². The summed E-state index contributed by atoms with van der Waals surface area (Å²) in [5.41, 5.74) is 6.16. The van der Waals surface area contributed by atoms with Crippen molar-refractivity contribution in [1.29, 1.82) is 0 Å². The van der Waals surface area contributed by atoms with Crippen LogP contribution in [0.15, 0.2) is 41.8 Å². The lowest BCUT2D eigenvalue weighted by atomic mass is 10.2. The molecular weight excluding hydrogens is 326 g/mol. The number of hydrogen-bond donors (Lipinski definition) is 2. The van der Waals surface area contributed by atoms with Crippen LogP contribution < -0.4 is 20.3 Å². The van der Waals surface area contributed by atoms with Crippen LogP contribution in [0.1, 0.15) is 4.88 Å². The lowest BCUT2D eigenvalue weighted by Crippen LogP contribution is -2.44. The summed E-state index contributed by atoms with van der Waals surface area (Å²) in [5.74, 6) is 1.31. The quantitative estimate of drug-likeness (QED) is 0.797. The number of rotatable bonds is 7. The number of amides is 1. The van der Waals surface area contributed by atoms with Gasteiger partial charge in [0, 0.05) is 24.0 Å². The molecule has 1 aliphatic rings. The lowest BCUT2D eigenvalue weighted by Gasteiger charge is -2.27. The molecular formula is C17H21N3O3S. The van der Waals surface area contributed by atoms with Crippen LogP contribution in [0.25, 0.3) is 0 Å². The molecule has 1 aromatic carbocycles. The van der Waals surface area contributed by atoms with E-state index in [9.17, 15) is 4.79 Å². The number of nitrogens with one attached hydrogen (secondary N) is 2. The van der Waals surface area contributed by atoms with E-state index in [4.69, 9.17) is 9.47 Å². The molecule has 2 aromatic rings. The first kappa shape index (κ1) is 16.8. The zero-order chi connectivity index (χ0) is 16.8. The minimum absolute atomic E-state index is 0.00897. The summed E-state index contributed by atoms with van der Waals surface area (Å²) in [6, 6.07) is 11.4. The molecule has 2 heterocycles. The Morgan fingerprint density at radius 3 is 2.75 bits per heavy atom. The maximum atomic E-state index is 12.7. The first-order valence-electron chi connectivity index (χ1n) is 7.80. The minimum atomic E-state index is -0.0262. The van der Waals surface area contributed by atoms with E-state index in [-0.39, 0.29) is 18.6 Å². The maximum Gasteiger partial charge on any atom is 0.261 e. The smallest absolute Gasteiger partial charge is 0.261 e. The largest absolute Gasteiger partial charge is 0.497 e. The van der Waals surface area contributed by atoms with Gasteiger partial charge >= 0.3 is 0 Å². The fourth-order valence-corrected chi connectivity index (χ4v) is 3.29. The van der Waals surface area contributed by atoms with Crippen LogP contribution in [-0.2, 0) is 11.3 Å². The molecule has 6 nitrogen and oxygen atoms in total. The molecule has 1 fully saturated rings. The number of carbonyl (C=O) groups is 1. The predicted octanol–water partition coefficient (Wildman–Crippen LogP) is 1.64. The highest BCUT2D eigenvalue weighted by atomic mass is 32.1. The molecule has 7 heteroatoms. The fourth-order valence-electron chi connectivity index (χ4n) is 2.58. The summed E-state index contributed by atoms with van der Waals surface area (Å²) in [5, 5.41) is 2.02. The normalized spacial score (nSPS) is 14.5. The number of benzene rings is 1. The monoisotopic (exact) mass is 347 g/mol. The molecule has 0 saturated carbocycles. The number of hydrazine groups is 1. The highest BCUT2D eigenvalue weighted by Gasteiger charge is 2.27. The number of nitrogens with zero attached hydrogens (tertiary/aromatic N) is 1. The third kappa shape index (κ3) is 4.25. The summed E-state index contributed by atoms with van der Waals surface area (Å²) in [6.07, 6.45) is 0. The highest BCUT2D eigenvalue weighted by molar-refractivity contribution is 7.09. The molecule has 2 N–H and O–H groups in total. The summed E-state index contributed by atoms with van der Waals surface area (Å²) >= 11 is 1.65. The lowest BCUT2D eigenvalue weighted by molar-refractivity contribution is -0.135. The van der Waals surface area contributed by atoms with Crippen LogP contribution in [0.5, 0.6) is 11.5 Å². The van der Waals surface area contributed by atoms with E-state index < -0.39 is 0 Å². The van der Waals surface area contributed by atoms with Crippen molar-refractivity contribution in [3.8, 4) is 11.5 Å². The first-order chi connectivity index (χ1) is 11.8. The number of hydrogen-bond acceptors (Lipinski definition) is 6. The van der Waals surface area contributed by atoms with Gasteiger partial charge in [-0.25, -0.2) is 0 Å². The van der Waals surface area contributed by atoms with Crippen molar-refractivity contribution in [1.82, 2.24) is 15.8 Å². The molecule has 1 aromatic heterocycles. The number of methoxy groups -OCH3 is 1. The number of ether oxygens (including phenoxy) is 2. The molecule has 1 aliphatic heterocycles. The molecule has 0 spiro atoms. The van der Waals surface area contributed by atoms with E-state index in [1.54, 1.807) is 24.5 Å². The van der Waals surface area contributed by atoms with Gasteiger partial charge < -0.3 is 14.4 Å². The van der Waals surface area contributed by atoms with Gasteiger partial charge in [0.05, 0.1) is 19.7 Å². The van der Waals surface area contributed by atoms with E-state index in [1.807, 2.05) is 40.6 Å². The molecule has 1 saturated heterocycles. The van der Waals surface area contributed by atoms with E-state index in [1.165, 1.54) is 0 Å². The minimum Gasteiger partial charge on any atom is -0.497 e. The van der Waals surface area contributed by atoms with Gasteiger partial charge in [0.2, 0.25) is 0 Å². The Morgan fingerprint density at radius 1 is 1.25 bits per heavy atom. The zero-order valence-electron chi connectivity index (χ0n) is 13.5. The molecule has 0 radical (unpaired) electrons. The van der Waals surface area contributed by atoms with Gasteiger partial charge in [0.15, 0.2) is 6.61 Å². The second-order valence-corrected chi connectivity index (χ2v) is 6.52. The van der Waals surface area contributed by atoms with E-state index >= 15 is 0 Å². The average Bonchev–Trinajstić information content (AvgIpc) is 3.31. The fraction of sp³-hybridized carbons (Fsp3) is 0.353. The number of carbonyl (C=O) groups excluding carboxylic acids is 1. The van der Waals surface area contributed by atoms with E-state index in [0.717, 1.165) is 18.0 Å². The predicted molar refractivity (Wildman–Crippen MR) is 93.2 cm³/mol. The van der Waals surface area contributed by atoms with Gasteiger partial charge in [0.1, 0.15) is 11.5 Å². The van der Waals surface area contributed by atoms with Crippen molar-refractivity contribution in [2.45, 2.75) is 12.6 Å². The Labute approximate surface area is 145 Å². The molecule has 0 bridgehead atoms. The molecule has 0 unspecified atom stereocenters. The van der Waals surface area contributed by atoms with Crippen LogP contribution >= 0.6 is 11.3 Å². The Kier molecular flexibility index (Phi) is 5.68. The Hall–Kier alpha value is -2.09.